The molecule has 0 bridgehead atoms. The van der Waals surface area contributed by atoms with E-state index in [-0.39, 0.29) is 0 Å². The molecular weight excluding hydrogens is 238 g/mol. The van der Waals surface area contributed by atoms with Crippen LogP contribution in [0, 0.1) is 10.8 Å². The molecule has 1 atom stereocenters. The van der Waals surface area contributed by atoms with E-state index in [2.05, 4.69) is 18.7 Å². The van der Waals surface area contributed by atoms with Crippen LogP contribution < -0.4 is 0 Å². The third-order valence-electron chi connectivity index (χ3n) is 5.78. The summed E-state index contributed by atoms with van der Waals surface area (Å²) in [6, 6.07) is 0.657. The first-order valence-corrected chi connectivity index (χ1v) is 7.89. The molecule has 0 aromatic rings. The zero-order chi connectivity index (χ0) is 14.1. The van der Waals surface area contributed by atoms with Gasteiger partial charge in [0, 0.05) is 6.04 Å². The van der Waals surface area contributed by atoms with E-state index in [0.29, 0.717) is 11.5 Å². The number of carboxylic acids is 1. The van der Waals surface area contributed by atoms with Crippen molar-refractivity contribution in [2.24, 2.45) is 10.8 Å². The van der Waals surface area contributed by atoms with Gasteiger partial charge in [0.1, 0.15) is 0 Å². The van der Waals surface area contributed by atoms with E-state index in [0.717, 1.165) is 32.4 Å². The molecule has 1 N–H and O–H groups in total. The Morgan fingerprint density at radius 1 is 1.21 bits per heavy atom. The van der Waals surface area contributed by atoms with E-state index in [1.54, 1.807) is 0 Å². The van der Waals surface area contributed by atoms with E-state index < -0.39 is 11.4 Å². The van der Waals surface area contributed by atoms with Crippen molar-refractivity contribution in [2.75, 3.05) is 13.1 Å². The molecule has 2 rings (SSSR count). The van der Waals surface area contributed by atoms with Gasteiger partial charge >= 0.3 is 5.97 Å². The average molecular weight is 267 g/mol. The lowest BCUT2D eigenvalue weighted by molar-refractivity contribution is -0.153. The van der Waals surface area contributed by atoms with Crippen LogP contribution in [0.1, 0.15) is 65.7 Å². The van der Waals surface area contributed by atoms with Crippen molar-refractivity contribution in [1.82, 2.24) is 4.90 Å². The van der Waals surface area contributed by atoms with Crippen molar-refractivity contribution in [2.45, 2.75) is 71.8 Å². The van der Waals surface area contributed by atoms with E-state index in [9.17, 15) is 9.90 Å². The zero-order valence-electron chi connectivity index (χ0n) is 12.7. The van der Waals surface area contributed by atoms with Gasteiger partial charge in [-0.1, -0.05) is 33.6 Å². The van der Waals surface area contributed by atoms with Gasteiger partial charge in [0.25, 0.3) is 0 Å². The lowest BCUT2D eigenvalue weighted by Gasteiger charge is -2.49. The molecule has 19 heavy (non-hydrogen) atoms. The second kappa shape index (κ2) is 5.43. The SMILES string of the molecule is CCC1(C(=O)O)CCN(C2CCCCC2(C)C)CC1. The Morgan fingerprint density at radius 3 is 2.32 bits per heavy atom. The Kier molecular flexibility index (Phi) is 4.24. The maximum absolute atomic E-state index is 11.5. The lowest BCUT2D eigenvalue weighted by atomic mass is 9.70. The maximum atomic E-state index is 11.5. The van der Waals surface area contributed by atoms with E-state index in [1.807, 2.05) is 6.92 Å². The summed E-state index contributed by atoms with van der Waals surface area (Å²) in [5.74, 6) is -0.586. The van der Waals surface area contributed by atoms with Gasteiger partial charge < -0.3 is 5.11 Å². The first-order valence-electron chi connectivity index (χ1n) is 7.89. The monoisotopic (exact) mass is 267 g/mol. The van der Waals surface area contributed by atoms with Crippen LogP contribution in [-0.4, -0.2) is 35.1 Å². The molecule has 3 heteroatoms. The summed E-state index contributed by atoms with van der Waals surface area (Å²) in [5.41, 5.74) is -0.0526. The molecule has 0 aromatic carbocycles. The van der Waals surface area contributed by atoms with Crippen molar-refractivity contribution < 1.29 is 9.90 Å². The van der Waals surface area contributed by atoms with Crippen LogP contribution in [0.5, 0.6) is 0 Å². The number of aliphatic carboxylic acids is 1. The highest BCUT2D eigenvalue weighted by Crippen LogP contribution is 2.42. The minimum atomic E-state index is -0.586. The van der Waals surface area contributed by atoms with Gasteiger partial charge in [-0.3, -0.25) is 9.69 Å². The van der Waals surface area contributed by atoms with E-state index in [4.69, 9.17) is 0 Å². The summed E-state index contributed by atoms with van der Waals surface area (Å²) >= 11 is 0. The number of carbonyl (C=O) groups is 1. The third kappa shape index (κ3) is 2.81. The predicted molar refractivity (Wildman–Crippen MR) is 77.2 cm³/mol. The molecule has 2 aliphatic rings. The van der Waals surface area contributed by atoms with Crippen LogP contribution in [0.3, 0.4) is 0 Å². The van der Waals surface area contributed by atoms with Gasteiger partial charge in [0.2, 0.25) is 0 Å². The number of hydrogen-bond donors (Lipinski definition) is 1. The van der Waals surface area contributed by atoms with Crippen LogP contribution in [0.15, 0.2) is 0 Å². The van der Waals surface area contributed by atoms with Crippen molar-refractivity contribution in [1.29, 1.82) is 0 Å². The second-order valence-electron chi connectivity index (χ2n) is 7.23. The van der Waals surface area contributed by atoms with Crippen LogP contribution >= 0.6 is 0 Å². The molecule has 1 aliphatic heterocycles. The Hall–Kier alpha value is -0.570. The van der Waals surface area contributed by atoms with Crippen molar-refractivity contribution in [3.8, 4) is 0 Å². The summed E-state index contributed by atoms with van der Waals surface area (Å²) < 4.78 is 0. The summed E-state index contributed by atoms with van der Waals surface area (Å²) in [5, 5.41) is 9.47. The van der Waals surface area contributed by atoms with Crippen LogP contribution in [0.25, 0.3) is 0 Å². The fourth-order valence-corrected chi connectivity index (χ4v) is 4.13. The van der Waals surface area contributed by atoms with Gasteiger partial charge in [0.15, 0.2) is 0 Å². The standard InChI is InChI=1S/C16H29NO2/c1-4-16(14(18)19)9-11-17(12-10-16)13-7-5-6-8-15(13,2)3/h13H,4-12H2,1-3H3,(H,18,19). The Bertz CT molecular complexity index is 330. The Labute approximate surface area is 117 Å². The first-order chi connectivity index (χ1) is 8.91. The van der Waals surface area contributed by atoms with Gasteiger partial charge in [-0.15, -0.1) is 0 Å². The fraction of sp³-hybridized carbons (Fsp3) is 0.938. The van der Waals surface area contributed by atoms with Gasteiger partial charge in [-0.25, -0.2) is 0 Å². The minimum absolute atomic E-state index is 0.397. The highest BCUT2D eigenvalue weighted by molar-refractivity contribution is 5.74. The molecule has 1 aliphatic carbocycles. The van der Waals surface area contributed by atoms with Crippen LogP contribution in [0.4, 0.5) is 0 Å². The van der Waals surface area contributed by atoms with E-state index in [1.165, 1.54) is 25.7 Å². The van der Waals surface area contributed by atoms with Gasteiger partial charge in [-0.2, -0.15) is 0 Å². The van der Waals surface area contributed by atoms with Gasteiger partial charge in [0.05, 0.1) is 5.41 Å². The largest absolute Gasteiger partial charge is 0.481 e. The number of hydrogen-bond acceptors (Lipinski definition) is 2. The molecule has 0 aromatic heterocycles. The third-order valence-corrected chi connectivity index (χ3v) is 5.78. The number of carboxylic acid groups (broad SMARTS) is 1. The normalized spacial score (nSPS) is 31.0. The summed E-state index contributed by atoms with van der Waals surface area (Å²) in [7, 11) is 0. The first kappa shape index (κ1) is 14.8. The maximum Gasteiger partial charge on any atom is 0.309 e. The molecule has 110 valence electrons. The summed E-state index contributed by atoms with van der Waals surface area (Å²) in [6.45, 7) is 8.72. The molecule has 1 saturated heterocycles. The number of nitrogens with zero attached hydrogens (tertiary/aromatic N) is 1. The highest BCUT2D eigenvalue weighted by Gasteiger charge is 2.44. The zero-order valence-corrected chi connectivity index (χ0v) is 12.7. The molecule has 0 radical (unpaired) electrons. The van der Waals surface area contributed by atoms with Crippen molar-refractivity contribution >= 4 is 5.97 Å². The lowest BCUT2D eigenvalue weighted by Crippen LogP contribution is -2.53. The molecule has 1 unspecified atom stereocenters. The molecule has 0 amide bonds. The minimum Gasteiger partial charge on any atom is -0.481 e. The van der Waals surface area contributed by atoms with Gasteiger partial charge in [-0.05, 0) is 50.6 Å². The average Bonchev–Trinajstić information content (AvgIpc) is 2.38. The Balaban J connectivity index is 2.01. The summed E-state index contributed by atoms with van der Waals surface area (Å²) in [6.07, 6.45) is 7.71. The smallest absolute Gasteiger partial charge is 0.309 e. The van der Waals surface area contributed by atoms with Crippen LogP contribution in [0.2, 0.25) is 0 Å². The number of rotatable bonds is 3. The number of piperidine rings is 1. The molecule has 1 saturated carbocycles. The van der Waals surface area contributed by atoms with Crippen molar-refractivity contribution in [3.63, 3.8) is 0 Å². The summed E-state index contributed by atoms with van der Waals surface area (Å²) in [4.78, 5) is 14.1. The fourth-order valence-electron chi connectivity index (χ4n) is 4.13. The Morgan fingerprint density at radius 2 is 1.84 bits per heavy atom. The molecular formula is C16H29NO2. The second-order valence-corrected chi connectivity index (χ2v) is 7.23. The predicted octanol–water partition coefficient (Wildman–Crippen LogP) is 3.53. The van der Waals surface area contributed by atoms with E-state index >= 15 is 0 Å². The number of likely N-dealkylation sites (tertiary alicyclic amines) is 1. The topological polar surface area (TPSA) is 40.5 Å². The molecule has 0 spiro atoms. The highest BCUT2D eigenvalue weighted by atomic mass is 16.4. The van der Waals surface area contributed by atoms with Crippen LogP contribution in [-0.2, 0) is 4.79 Å². The molecule has 2 fully saturated rings. The molecule has 1 heterocycles. The quantitative estimate of drug-likeness (QED) is 0.850. The van der Waals surface area contributed by atoms with Crippen molar-refractivity contribution in [3.05, 3.63) is 0 Å². The molecule has 3 nitrogen and oxygen atoms in total.